The van der Waals surface area contributed by atoms with Crippen molar-refractivity contribution in [3.05, 3.63) is 72.1 Å². The van der Waals surface area contributed by atoms with Crippen LogP contribution in [-0.2, 0) is 15.6 Å². The fourth-order valence-electron chi connectivity index (χ4n) is 3.82. The van der Waals surface area contributed by atoms with Crippen LogP contribution in [-0.4, -0.2) is 29.5 Å². The number of benzene rings is 2. The van der Waals surface area contributed by atoms with E-state index in [1.54, 1.807) is 50.5 Å². The lowest BCUT2D eigenvalue weighted by Gasteiger charge is -2.17. The van der Waals surface area contributed by atoms with Gasteiger partial charge >= 0.3 is 0 Å². The summed E-state index contributed by atoms with van der Waals surface area (Å²) in [5, 5.41) is 13.8. The molecule has 0 atom stereocenters. The van der Waals surface area contributed by atoms with Crippen molar-refractivity contribution in [2.24, 2.45) is 0 Å². The van der Waals surface area contributed by atoms with Crippen LogP contribution in [0.15, 0.2) is 65.8 Å². The fraction of sp³-hybridized carbons (Fsp3) is 0.136. The van der Waals surface area contributed by atoms with E-state index in [9.17, 15) is 13.2 Å². The van der Waals surface area contributed by atoms with Gasteiger partial charge in [-0.1, -0.05) is 6.07 Å². The number of aromatic nitrogens is 3. The Morgan fingerprint density at radius 2 is 1.88 bits per heavy atom. The van der Waals surface area contributed by atoms with Gasteiger partial charge in [0.2, 0.25) is 10.0 Å². The normalized spacial score (nSPS) is 15.9. The maximum atomic E-state index is 13.0. The SMILES string of the molecule is CC1(C)NS(=O)(=O)c2cc(NC(=O)c3cccnc3Nc3ccc4cn[nH]c4c3)ccc21. The fourth-order valence-corrected chi connectivity index (χ4v) is 5.61. The Morgan fingerprint density at radius 1 is 1.06 bits per heavy atom. The van der Waals surface area contributed by atoms with Crippen LogP contribution in [0.3, 0.4) is 0 Å². The molecule has 0 fully saturated rings. The molecule has 5 rings (SSSR count). The summed E-state index contributed by atoms with van der Waals surface area (Å²) in [7, 11) is -3.63. The molecule has 0 aliphatic carbocycles. The molecule has 2 aromatic heterocycles. The van der Waals surface area contributed by atoms with Gasteiger partial charge in [-0.05, 0) is 61.9 Å². The smallest absolute Gasteiger partial charge is 0.259 e. The number of carbonyl (C=O) groups is 1. The second-order valence-corrected chi connectivity index (χ2v) is 9.74. The number of rotatable bonds is 4. The number of nitrogens with zero attached hydrogens (tertiary/aromatic N) is 2. The van der Waals surface area contributed by atoms with E-state index in [2.05, 4.69) is 30.5 Å². The molecule has 4 N–H and O–H groups in total. The second kappa shape index (κ2) is 7.14. The number of hydrogen-bond acceptors (Lipinski definition) is 6. The Hall–Kier alpha value is -3.76. The summed E-state index contributed by atoms with van der Waals surface area (Å²) in [6.07, 6.45) is 3.32. The first-order valence-electron chi connectivity index (χ1n) is 9.88. The predicted molar refractivity (Wildman–Crippen MR) is 121 cm³/mol. The van der Waals surface area contributed by atoms with Gasteiger partial charge in [-0.15, -0.1) is 0 Å². The highest BCUT2D eigenvalue weighted by Gasteiger charge is 2.39. The zero-order valence-corrected chi connectivity index (χ0v) is 18.1. The first-order chi connectivity index (χ1) is 15.2. The van der Waals surface area contributed by atoms with Gasteiger partial charge in [0, 0.05) is 23.0 Å². The second-order valence-electron chi connectivity index (χ2n) is 8.09. The predicted octanol–water partition coefficient (Wildman–Crippen LogP) is 3.48. The third-order valence-electron chi connectivity index (χ3n) is 5.35. The molecule has 3 heterocycles. The average Bonchev–Trinajstić information content (AvgIpc) is 3.27. The standard InChI is InChI=1S/C22H20N6O3S/c1-22(2)17-8-7-15(11-19(17)32(30,31)28-22)26-21(29)16-4-3-9-23-20(16)25-14-6-5-13-12-24-27-18(13)10-14/h3-12,28H,1-2H3,(H,23,25)(H,24,27)(H,26,29). The monoisotopic (exact) mass is 448 g/mol. The van der Waals surface area contributed by atoms with Crippen molar-refractivity contribution < 1.29 is 13.2 Å². The van der Waals surface area contributed by atoms with E-state index in [0.29, 0.717) is 22.6 Å². The van der Waals surface area contributed by atoms with E-state index in [1.807, 2.05) is 18.2 Å². The number of hydrogen-bond donors (Lipinski definition) is 4. The highest BCUT2D eigenvalue weighted by molar-refractivity contribution is 7.89. The number of carbonyl (C=O) groups excluding carboxylic acids is 1. The van der Waals surface area contributed by atoms with Crippen LogP contribution in [0.4, 0.5) is 17.2 Å². The molecular weight excluding hydrogens is 428 g/mol. The van der Waals surface area contributed by atoms with Crippen molar-refractivity contribution in [3.63, 3.8) is 0 Å². The van der Waals surface area contributed by atoms with Crippen molar-refractivity contribution in [3.8, 4) is 0 Å². The number of pyridine rings is 1. The molecule has 162 valence electrons. The highest BCUT2D eigenvalue weighted by atomic mass is 32.2. The van der Waals surface area contributed by atoms with Crippen LogP contribution in [0.5, 0.6) is 0 Å². The van der Waals surface area contributed by atoms with Gasteiger partial charge in [-0.2, -0.15) is 5.10 Å². The summed E-state index contributed by atoms with van der Waals surface area (Å²) in [6, 6.07) is 13.8. The molecule has 1 aliphatic rings. The van der Waals surface area contributed by atoms with Gasteiger partial charge in [0.05, 0.1) is 27.7 Å². The van der Waals surface area contributed by atoms with Crippen LogP contribution in [0.1, 0.15) is 29.8 Å². The van der Waals surface area contributed by atoms with E-state index in [0.717, 1.165) is 16.6 Å². The summed E-state index contributed by atoms with van der Waals surface area (Å²) >= 11 is 0. The van der Waals surface area contributed by atoms with Crippen LogP contribution in [0, 0.1) is 0 Å². The highest BCUT2D eigenvalue weighted by Crippen LogP contribution is 2.36. The Morgan fingerprint density at radius 3 is 2.72 bits per heavy atom. The molecule has 4 aromatic rings. The molecule has 0 radical (unpaired) electrons. The minimum atomic E-state index is -3.63. The number of H-pyrrole nitrogens is 1. The number of fused-ring (bicyclic) bond motifs is 2. The molecule has 1 aliphatic heterocycles. The quantitative estimate of drug-likeness (QED) is 0.378. The Bertz CT molecular complexity index is 1480. The molecule has 9 nitrogen and oxygen atoms in total. The van der Waals surface area contributed by atoms with Gasteiger partial charge in [-0.3, -0.25) is 9.89 Å². The third-order valence-corrected chi connectivity index (χ3v) is 7.04. The first kappa shape index (κ1) is 20.2. The minimum Gasteiger partial charge on any atom is -0.340 e. The molecule has 0 unspecified atom stereocenters. The van der Waals surface area contributed by atoms with Crippen LogP contribution < -0.4 is 15.4 Å². The van der Waals surface area contributed by atoms with Crippen LogP contribution in [0.2, 0.25) is 0 Å². The summed E-state index contributed by atoms with van der Waals surface area (Å²) < 4.78 is 27.5. The molecule has 0 saturated heterocycles. The van der Waals surface area contributed by atoms with Crippen molar-refractivity contribution >= 4 is 44.0 Å². The molecule has 32 heavy (non-hydrogen) atoms. The van der Waals surface area contributed by atoms with E-state index >= 15 is 0 Å². The number of aromatic amines is 1. The Kier molecular flexibility index (Phi) is 4.50. The Labute approximate surface area is 184 Å². The van der Waals surface area contributed by atoms with E-state index < -0.39 is 21.5 Å². The first-order valence-corrected chi connectivity index (χ1v) is 11.4. The molecule has 0 saturated carbocycles. The van der Waals surface area contributed by atoms with E-state index in [1.165, 1.54) is 6.07 Å². The summed E-state index contributed by atoms with van der Waals surface area (Å²) in [5.41, 5.74) is 2.25. The summed E-state index contributed by atoms with van der Waals surface area (Å²) in [6.45, 7) is 3.59. The molecule has 10 heteroatoms. The largest absolute Gasteiger partial charge is 0.340 e. The van der Waals surface area contributed by atoms with Crippen LogP contribution >= 0.6 is 0 Å². The van der Waals surface area contributed by atoms with Gasteiger partial charge < -0.3 is 10.6 Å². The zero-order valence-electron chi connectivity index (χ0n) is 17.3. The Balaban J connectivity index is 1.42. The van der Waals surface area contributed by atoms with Gasteiger partial charge in [0.1, 0.15) is 5.82 Å². The van der Waals surface area contributed by atoms with E-state index in [-0.39, 0.29) is 4.90 Å². The topological polar surface area (TPSA) is 129 Å². The number of amides is 1. The minimum absolute atomic E-state index is 0.165. The molecule has 0 bridgehead atoms. The van der Waals surface area contributed by atoms with Gasteiger partial charge in [0.15, 0.2) is 0 Å². The van der Waals surface area contributed by atoms with Gasteiger partial charge in [-0.25, -0.2) is 18.1 Å². The molecule has 2 aromatic carbocycles. The van der Waals surface area contributed by atoms with Crippen molar-refractivity contribution in [1.82, 2.24) is 19.9 Å². The molecule has 0 spiro atoms. The van der Waals surface area contributed by atoms with Crippen molar-refractivity contribution in [1.29, 1.82) is 0 Å². The maximum absolute atomic E-state index is 13.0. The number of sulfonamides is 1. The lowest BCUT2D eigenvalue weighted by Crippen LogP contribution is -2.32. The number of anilines is 3. The van der Waals surface area contributed by atoms with Gasteiger partial charge in [0.25, 0.3) is 5.91 Å². The lowest BCUT2D eigenvalue weighted by molar-refractivity contribution is 0.102. The third kappa shape index (κ3) is 3.49. The lowest BCUT2D eigenvalue weighted by atomic mass is 9.95. The summed E-state index contributed by atoms with van der Waals surface area (Å²) in [5.74, 6) is -0.0359. The average molecular weight is 449 g/mol. The van der Waals surface area contributed by atoms with Crippen molar-refractivity contribution in [2.75, 3.05) is 10.6 Å². The summed E-state index contributed by atoms with van der Waals surface area (Å²) in [4.78, 5) is 17.5. The van der Waals surface area contributed by atoms with Crippen molar-refractivity contribution in [2.45, 2.75) is 24.3 Å². The molecule has 1 amide bonds. The molecular formula is C22H20N6O3S. The maximum Gasteiger partial charge on any atom is 0.259 e. The zero-order chi connectivity index (χ0) is 22.5. The van der Waals surface area contributed by atoms with Crippen LogP contribution in [0.25, 0.3) is 10.9 Å². The van der Waals surface area contributed by atoms with E-state index in [4.69, 9.17) is 0 Å². The number of nitrogens with one attached hydrogen (secondary N) is 4.